The molecule has 0 N–H and O–H groups in total. The first kappa shape index (κ1) is 20.2. The summed E-state index contributed by atoms with van der Waals surface area (Å²) in [7, 11) is 0. The minimum Gasteiger partial charge on any atom is -0.482 e. The number of carbonyl (C=O) groups is 1. The maximum Gasteiger partial charge on any atom is 0.260 e. The van der Waals surface area contributed by atoms with Gasteiger partial charge in [0.2, 0.25) is 0 Å². The van der Waals surface area contributed by atoms with Gasteiger partial charge >= 0.3 is 0 Å². The van der Waals surface area contributed by atoms with Crippen molar-refractivity contribution in [3.05, 3.63) is 53.6 Å². The van der Waals surface area contributed by atoms with Gasteiger partial charge in [-0.05, 0) is 36.1 Å². The molecule has 2 fully saturated rings. The number of amides is 1. The number of hydrogen-bond acceptors (Lipinski definition) is 4. The molecule has 6 heteroatoms. The Kier molecular flexibility index (Phi) is 6.70. The Hall–Kier alpha value is -2.08. The van der Waals surface area contributed by atoms with Crippen molar-refractivity contribution < 1.29 is 14.3 Å². The van der Waals surface area contributed by atoms with Gasteiger partial charge in [-0.25, -0.2) is 0 Å². The number of nitrogens with zero attached hydrogens (tertiary/aromatic N) is 2. The van der Waals surface area contributed by atoms with Crippen molar-refractivity contribution in [2.75, 3.05) is 45.9 Å². The van der Waals surface area contributed by atoms with Crippen LogP contribution in [0, 0.1) is 0 Å². The maximum atomic E-state index is 12.5. The van der Waals surface area contributed by atoms with Crippen LogP contribution in [-0.4, -0.2) is 67.7 Å². The lowest BCUT2D eigenvalue weighted by Crippen LogP contribution is -2.51. The highest BCUT2D eigenvalue weighted by Gasteiger charge is 2.25. The molecule has 154 valence electrons. The van der Waals surface area contributed by atoms with E-state index < -0.39 is 0 Å². The molecule has 2 saturated heterocycles. The molecule has 0 aromatic heterocycles. The molecule has 0 aliphatic carbocycles. The van der Waals surface area contributed by atoms with Crippen LogP contribution >= 0.6 is 11.6 Å². The van der Waals surface area contributed by atoms with E-state index in [2.05, 4.69) is 4.90 Å². The molecule has 29 heavy (non-hydrogen) atoms. The second-order valence-corrected chi connectivity index (χ2v) is 8.02. The highest BCUT2D eigenvalue weighted by molar-refractivity contribution is 6.32. The van der Waals surface area contributed by atoms with Crippen molar-refractivity contribution in [2.24, 2.45) is 0 Å². The summed E-state index contributed by atoms with van der Waals surface area (Å²) in [6.07, 6.45) is 2.67. The molecule has 1 atom stereocenters. The third kappa shape index (κ3) is 5.30. The van der Waals surface area contributed by atoms with Gasteiger partial charge in [0.1, 0.15) is 5.75 Å². The Morgan fingerprint density at radius 3 is 2.55 bits per heavy atom. The van der Waals surface area contributed by atoms with Gasteiger partial charge in [-0.15, -0.1) is 0 Å². The Morgan fingerprint density at radius 2 is 1.86 bits per heavy atom. The third-order valence-corrected chi connectivity index (χ3v) is 5.90. The van der Waals surface area contributed by atoms with Gasteiger partial charge in [-0.1, -0.05) is 48.0 Å². The molecule has 2 aromatic rings. The van der Waals surface area contributed by atoms with Crippen LogP contribution in [0.2, 0.25) is 5.02 Å². The largest absolute Gasteiger partial charge is 0.482 e. The molecule has 2 heterocycles. The van der Waals surface area contributed by atoms with Crippen LogP contribution in [0.15, 0.2) is 48.5 Å². The van der Waals surface area contributed by atoms with Crippen molar-refractivity contribution >= 4 is 17.5 Å². The number of hydrogen-bond donors (Lipinski definition) is 0. The van der Waals surface area contributed by atoms with E-state index in [9.17, 15) is 4.79 Å². The zero-order valence-electron chi connectivity index (χ0n) is 16.6. The van der Waals surface area contributed by atoms with Crippen LogP contribution < -0.4 is 4.74 Å². The summed E-state index contributed by atoms with van der Waals surface area (Å²) in [5.74, 6) is 0.543. The number of piperazine rings is 1. The highest BCUT2D eigenvalue weighted by atomic mass is 35.5. The monoisotopic (exact) mass is 414 g/mol. The molecule has 5 nitrogen and oxygen atoms in total. The number of halogens is 1. The second kappa shape index (κ2) is 9.61. The van der Waals surface area contributed by atoms with Gasteiger partial charge in [0.05, 0.1) is 11.1 Å². The van der Waals surface area contributed by atoms with Crippen molar-refractivity contribution in [3.8, 4) is 16.9 Å². The summed E-state index contributed by atoms with van der Waals surface area (Å²) in [5, 5.41) is 0.514. The minimum atomic E-state index is 0.00460. The van der Waals surface area contributed by atoms with E-state index in [4.69, 9.17) is 21.1 Å². The molecule has 0 bridgehead atoms. The molecule has 0 saturated carbocycles. The summed E-state index contributed by atoms with van der Waals surface area (Å²) < 4.78 is 11.4. The van der Waals surface area contributed by atoms with E-state index in [1.54, 1.807) is 0 Å². The van der Waals surface area contributed by atoms with Gasteiger partial charge in [0.25, 0.3) is 5.91 Å². The lowest BCUT2D eigenvalue weighted by Gasteiger charge is -2.35. The Bertz CT molecular complexity index is 816. The van der Waals surface area contributed by atoms with E-state index in [-0.39, 0.29) is 12.5 Å². The normalized spacial score (nSPS) is 20.0. The molecule has 2 aliphatic rings. The summed E-state index contributed by atoms with van der Waals surface area (Å²) in [5.41, 5.74) is 2.12. The number of ether oxygens (including phenoxy) is 2. The average Bonchev–Trinajstić information content (AvgIpc) is 3.27. The highest BCUT2D eigenvalue weighted by Crippen LogP contribution is 2.30. The van der Waals surface area contributed by atoms with Crippen molar-refractivity contribution in [1.29, 1.82) is 0 Å². The molecule has 0 radical (unpaired) electrons. The lowest BCUT2D eigenvalue weighted by molar-refractivity contribution is -0.135. The fraction of sp³-hybridized carbons (Fsp3) is 0.435. The molecular weight excluding hydrogens is 388 g/mol. The van der Waals surface area contributed by atoms with Crippen molar-refractivity contribution in [2.45, 2.75) is 18.9 Å². The molecule has 4 rings (SSSR count). The van der Waals surface area contributed by atoms with Gasteiger partial charge < -0.3 is 14.4 Å². The molecular formula is C23H27ClN2O3. The van der Waals surface area contributed by atoms with Crippen LogP contribution in [0.5, 0.6) is 5.75 Å². The fourth-order valence-electron chi connectivity index (χ4n) is 3.91. The predicted molar refractivity (Wildman–Crippen MR) is 114 cm³/mol. The molecule has 2 aliphatic heterocycles. The molecule has 2 aromatic carbocycles. The summed E-state index contributed by atoms with van der Waals surface area (Å²) >= 11 is 6.38. The lowest BCUT2D eigenvalue weighted by atomic mass is 10.1. The maximum absolute atomic E-state index is 12.5. The summed E-state index contributed by atoms with van der Waals surface area (Å²) in [6.45, 7) is 5.11. The van der Waals surface area contributed by atoms with Crippen LogP contribution in [0.4, 0.5) is 0 Å². The first-order chi connectivity index (χ1) is 14.2. The zero-order chi connectivity index (χ0) is 20.1. The van der Waals surface area contributed by atoms with Crippen LogP contribution in [-0.2, 0) is 9.53 Å². The smallest absolute Gasteiger partial charge is 0.260 e. The van der Waals surface area contributed by atoms with E-state index >= 15 is 0 Å². The van der Waals surface area contributed by atoms with Gasteiger partial charge in [-0.2, -0.15) is 0 Å². The van der Waals surface area contributed by atoms with Gasteiger partial charge in [0, 0.05) is 39.3 Å². The molecule has 1 unspecified atom stereocenters. The van der Waals surface area contributed by atoms with E-state index in [0.717, 1.165) is 63.3 Å². The summed E-state index contributed by atoms with van der Waals surface area (Å²) in [6, 6.07) is 15.7. The topological polar surface area (TPSA) is 42.0 Å². The van der Waals surface area contributed by atoms with E-state index in [1.807, 2.05) is 53.4 Å². The van der Waals surface area contributed by atoms with Crippen molar-refractivity contribution in [1.82, 2.24) is 9.80 Å². The standard InChI is InChI=1S/C23H27ClN2O3/c24-21-15-19(18-5-2-1-3-6-18)8-9-22(21)29-17-23(27)26-12-10-25(11-13-26)16-20-7-4-14-28-20/h1-3,5-6,8-9,15,20H,4,7,10-14,16-17H2. The van der Waals surface area contributed by atoms with Crippen LogP contribution in [0.25, 0.3) is 11.1 Å². The Balaban J connectivity index is 1.25. The SMILES string of the molecule is O=C(COc1ccc(-c2ccccc2)cc1Cl)N1CCN(CC2CCCO2)CC1. The number of benzene rings is 2. The predicted octanol–water partition coefficient (Wildman–Crippen LogP) is 3.71. The first-order valence-corrected chi connectivity index (χ1v) is 10.7. The number of carbonyl (C=O) groups excluding carboxylic acids is 1. The first-order valence-electron chi connectivity index (χ1n) is 10.3. The average molecular weight is 415 g/mol. The second-order valence-electron chi connectivity index (χ2n) is 7.62. The van der Waals surface area contributed by atoms with Crippen molar-refractivity contribution in [3.63, 3.8) is 0 Å². The van der Waals surface area contributed by atoms with Gasteiger partial charge in [-0.3, -0.25) is 9.69 Å². The minimum absolute atomic E-state index is 0.00460. The van der Waals surface area contributed by atoms with Crippen LogP contribution in [0.3, 0.4) is 0 Å². The van der Waals surface area contributed by atoms with Crippen LogP contribution in [0.1, 0.15) is 12.8 Å². The van der Waals surface area contributed by atoms with E-state index in [1.165, 1.54) is 0 Å². The zero-order valence-corrected chi connectivity index (χ0v) is 17.3. The molecule has 0 spiro atoms. The Labute approximate surface area is 177 Å². The Morgan fingerprint density at radius 1 is 1.07 bits per heavy atom. The fourth-order valence-corrected chi connectivity index (χ4v) is 4.15. The van der Waals surface area contributed by atoms with Gasteiger partial charge in [0.15, 0.2) is 6.61 Å². The quantitative estimate of drug-likeness (QED) is 0.722. The third-order valence-electron chi connectivity index (χ3n) is 5.60. The molecule has 1 amide bonds. The van der Waals surface area contributed by atoms with E-state index in [0.29, 0.717) is 16.9 Å². The number of rotatable bonds is 6. The summed E-state index contributed by atoms with van der Waals surface area (Å²) in [4.78, 5) is 16.8.